The molecule has 0 bridgehead atoms. The van der Waals surface area contributed by atoms with Gasteiger partial charge in [-0.2, -0.15) is 11.8 Å². The van der Waals surface area contributed by atoms with Crippen molar-refractivity contribution in [3.63, 3.8) is 0 Å². The fourth-order valence-electron chi connectivity index (χ4n) is 3.49. The number of carboxylic acids is 2. The first kappa shape index (κ1) is 39.6. The van der Waals surface area contributed by atoms with Gasteiger partial charge in [0.15, 0.2) is 0 Å². The molecule has 0 saturated heterocycles. The molecule has 0 radical (unpaired) electrons. The summed E-state index contributed by atoms with van der Waals surface area (Å²) in [6.45, 7) is 9.26. The molecular formula is C27H48N2O10S. The molecule has 12 nitrogen and oxygen atoms in total. The minimum Gasteiger partial charge on any atom is -0.481 e. The number of carbonyl (C=O) groups excluding carboxylic acids is 4. The zero-order valence-electron chi connectivity index (χ0n) is 23.4. The molecule has 0 aliphatic carbocycles. The summed E-state index contributed by atoms with van der Waals surface area (Å²) in [5.41, 5.74) is 0. The van der Waals surface area contributed by atoms with Gasteiger partial charge in [0.05, 0.1) is 32.0 Å². The minimum atomic E-state index is -1.53. The Kier molecular flexibility index (Phi) is 23.0. The molecule has 0 rings (SSSR count). The lowest BCUT2D eigenvalue weighted by atomic mass is 9.89. The topological polar surface area (TPSA) is 185 Å². The Morgan fingerprint density at radius 3 is 2.05 bits per heavy atom. The van der Waals surface area contributed by atoms with Crippen LogP contribution in [0.4, 0.5) is 0 Å². The summed E-state index contributed by atoms with van der Waals surface area (Å²) >= 11 is 1.52. The predicted octanol–water partition coefficient (Wildman–Crippen LogP) is 2.18. The molecular weight excluding hydrogens is 544 g/mol. The molecule has 232 valence electrons. The second-order valence-corrected chi connectivity index (χ2v) is 10.9. The number of nitrogens with one attached hydrogen (secondary N) is 2. The Hall–Kier alpha value is -2.51. The SMILES string of the molecule is C.CC(C)CC(CSCC(=O)CCCOCCOCCNC(=O)CC(NC(=O)CC(=O)O)C(=O)O)C(=O)C(C)C. The number of hydrogen-bond donors (Lipinski definition) is 4. The molecule has 0 saturated carbocycles. The number of ketones is 2. The molecule has 0 aliphatic rings. The number of Topliss-reactive ketones (excluding diaryl/α,β-unsaturated/α-hetero) is 2. The van der Waals surface area contributed by atoms with E-state index in [0.29, 0.717) is 43.5 Å². The lowest BCUT2D eigenvalue weighted by molar-refractivity contribution is -0.146. The van der Waals surface area contributed by atoms with E-state index in [-0.39, 0.29) is 50.6 Å². The van der Waals surface area contributed by atoms with Gasteiger partial charge >= 0.3 is 11.9 Å². The van der Waals surface area contributed by atoms with Gasteiger partial charge in [0.1, 0.15) is 24.0 Å². The molecule has 2 unspecified atom stereocenters. The molecule has 0 aliphatic heterocycles. The third-order valence-corrected chi connectivity index (χ3v) is 6.49. The average molecular weight is 593 g/mol. The van der Waals surface area contributed by atoms with Crippen LogP contribution in [0.5, 0.6) is 0 Å². The fourth-order valence-corrected chi connectivity index (χ4v) is 4.57. The molecule has 0 fully saturated rings. The van der Waals surface area contributed by atoms with Crippen LogP contribution in [0.15, 0.2) is 0 Å². The summed E-state index contributed by atoms with van der Waals surface area (Å²) in [6.07, 6.45) is 0.388. The van der Waals surface area contributed by atoms with Crippen molar-refractivity contribution in [2.75, 3.05) is 44.5 Å². The van der Waals surface area contributed by atoms with Crippen molar-refractivity contribution >= 4 is 47.1 Å². The normalized spacial score (nSPS) is 12.3. The van der Waals surface area contributed by atoms with Crippen molar-refractivity contribution in [2.24, 2.45) is 17.8 Å². The van der Waals surface area contributed by atoms with Crippen molar-refractivity contribution in [1.82, 2.24) is 10.6 Å². The maximum absolute atomic E-state index is 12.4. The third-order valence-electron chi connectivity index (χ3n) is 5.33. The van der Waals surface area contributed by atoms with Crippen molar-refractivity contribution in [1.29, 1.82) is 0 Å². The van der Waals surface area contributed by atoms with Crippen LogP contribution in [0.1, 0.15) is 67.2 Å². The summed E-state index contributed by atoms with van der Waals surface area (Å²) in [5.74, 6) is -2.65. The third kappa shape index (κ3) is 21.3. The molecule has 0 aromatic rings. The zero-order chi connectivity index (χ0) is 29.8. The van der Waals surface area contributed by atoms with Crippen molar-refractivity contribution in [2.45, 2.75) is 73.3 Å². The van der Waals surface area contributed by atoms with Gasteiger partial charge in [-0.05, 0) is 18.8 Å². The Morgan fingerprint density at radius 2 is 1.50 bits per heavy atom. The van der Waals surface area contributed by atoms with Gasteiger partial charge in [0.2, 0.25) is 11.8 Å². The molecule has 2 amide bonds. The van der Waals surface area contributed by atoms with Crippen LogP contribution < -0.4 is 10.6 Å². The average Bonchev–Trinajstić information content (AvgIpc) is 2.82. The highest BCUT2D eigenvalue weighted by Crippen LogP contribution is 2.21. The van der Waals surface area contributed by atoms with E-state index in [9.17, 15) is 28.8 Å². The predicted molar refractivity (Wildman–Crippen MR) is 152 cm³/mol. The Balaban J connectivity index is 0. The van der Waals surface area contributed by atoms with E-state index in [1.807, 2.05) is 19.2 Å². The first-order chi connectivity index (χ1) is 18.3. The second-order valence-electron chi connectivity index (χ2n) is 9.85. The van der Waals surface area contributed by atoms with Gasteiger partial charge in [-0.15, -0.1) is 0 Å². The minimum absolute atomic E-state index is 0. The lowest BCUT2D eigenvalue weighted by Crippen LogP contribution is -2.45. The van der Waals surface area contributed by atoms with Crippen molar-refractivity contribution in [3.8, 4) is 0 Å². The molecule has 40 heavy (non-hydrogen) atoms. The second kappa shape index (κ2) is 23.2. The number of ether oxygens (including phenoxy) is 2. The molecule has 0 aromatic heterocycles. The van der Waals surface area contributed by atoms with Crippen LogP contribution in [0.25, 0.3) is 0 Å². The fraction of sp³-hybridized carbons (Fsp3) is 0.778. The Bertz CT molecular complexity index is 804. The molecule has 2 atom stereocenters. The van der Waals surface area contributed by atoms with E-state index in [1.165, 1.54) is 11.8 Å². The highest BCUT2D eigenvalue weighted by molar-refractivity contribution is 7.99. The number of hydrogen-bond acceptors (Lipinski definition) is 9. The van der Waals surface area contributed by atoms with E-state index in [1.54, 1.807) is 0 Å². The van der Waals surface area contributed by atoms with Gasteiger partial charge < -0.3 is 30.3 Å². The van der Waals surface area contributed by atoms with Gasteiger partial charge in [-0.1, -0.05) is 35.1 Å². The quantitative estimate of drug-likeness (QED) is 0.0951. The molecule has 13 heteroatoms. The van der Waals surface area contributed by atoms with Crippen molar-refractivity contribution in [3.05, 3.63) is 0 Å². The van der Waals surface area contributed by atoms with Crippen molar-refractivity contribution < 1.29 is 48.5 Å². The standard InChI is InChI=1S/C26H44N2O10S.CH4/c1-17(2)12-19(25(34)18(3)4)15-39-16-20(29)6-5-8-37-10-11-38-9-7-27-22(30)13-21(26(35)36)28-23(31)14-24(32)33;/h17-19,21H,5-16H2,1-4H3,(H,27,30)(H,28,31)(H,32,33)(H,35,36);1H4. The zero-order valence-corrected chi connectivity index (χ0v) is 24.2. The van der Waals surface area contributed by atoms with E-state index in [0.717, 1.165) is 6.42 Å². The van der Waals surface area contributed by atoms with Gasteiger partial charge in [0, 0.05) is 37.2 Å². The van der Waals surface area contributed by atoms with E-state index < -0.39 is 42.6 Å². The highest BCUT2D eigenvalue weighted by Gasteiger charge is 2.24. The van der Waals surface area contributed by atoms with Crippen LogP contribution in [0.3, 0.4) is 0 Å². The van der Waals surface area contributed by atoms with E-state index in [2.05, 4.69) is 19.2 Å². The number of amides is 2. The first-order valence-corrected chi connectivity index (χ1v) is 14.3. The molecule has 0 aromatic carbocycles. The number of carbonyl (C=O) groups is 6. The number of carboxylic acid groups (broad SMARTS) is 2. The van der Waals surface area contributed by atoms with E-state index in [4.69, 9.17) is 19.7 Å². The summed E-state index contributed by atoms with van der Waals surface area (Å²) in [5, 5.41) is 22.1. The summed E-state index contributed by atoms with van der Waals surface area (Å²) < 4.78 is 10.8. The van der Waals surface area contributed by atoms with Crippen LogP contribution in [-0.2, 0) is 38.2 Å². The van der Waals surface area contributed by atoms with Gasteiger partial charge in [-0.3, -0.25) is 24.0 Å². The Labute approximate surface area is 241 Å². The lowest BCUT2D eigenvalue weighted by Gasteiger charge is -2.19. The van der Waals surface area contributed by atoms with Gasteiger partial charge in [-0.25, -0.2) is 4.79 Å². The molecule has 4 N–H and O–H groups in total. The van der Waals surface area contributed by atoms with Crippen LogP contribution in [0, 0.1) is 17.8 Å². The smallest absolute Gasteiger partial charge is 0.326 e. The Morgan fingerprint density at radius 1 is 0.875 bits per heavy atom. The number of rotatable bonds is 24. The van der Waals surface area contributed by atoms with Crippen LogP contribution >= 0.6 is 11.8 Å². The largest absolute Gasteiger partial charge is 0.481 e. The number of aliphatic carboxylic acids is 2. The maximum atomic E-state index is 12.4. The molecule has 0 spiro atoms. The van der Waals surface area contributed by atoms with E-state index >= 15 is 0 Å². The summed E-state index contributed by atoms with van der Waals surface area (Å²) in [7, 11) is 0. The summed E-state index contributed by atoms with van der Waals surface area (Å²) in [4.78, 5) is 69.4. The first-order valence-electron chi connectivity index (χ1n) is 13.1. The van der Waals surface area contributed by atoms with Crippen LogP contribution in [0.2, 0.25) is 0 Å². The number of thioether (sulfide) groups is 1. The summed E-state index contributed by atoms with van der Waals surface area (Å²) in [6, 6.07) is -1.53. The van der Waals surface area contributed by atoms with Gasteiger partial charge in [0.25, 0.3) is 0 Å². The highest BCUT2D eigenvalue weighted by atomic mass is 32.2. The molecule has 0 heterocycles. The monoisotopic (exact) mass is 592 g/mol. The van der Waals surface area contributed by atoms with Crippen LogP contribution in [-0.4, -0.2) is 96.1 Å². The maximum Gasteiger partial charge on any atom is 0.326 e.